The van der Waals surface area contributed by atoms with Gasteiger partial charge in [0.1, 0.15) is 0 Å². The summed E-state index contributed by atoms with van der Waals surface area (Å²) in [6, 6.07) is 13.6. The van der Waals surface area contributed by atoms with E-state index < -0.39 is 4.92 Å². The van der Waals surface area contributed by atoms with Crippen LogP contribution >= 0.6 is 0 Å². The number of hydrazine groups is 1. The molecule has 1 aliphatic rings. The topological polar surface area (TPSA) is 97.2 Å². The average Bonchev–Trinajstić information content (AvgIpc) is 2.70. The van der Waals surface area contributed by atoms with Gasteiger partial charge in [0, 0.05) is 23.2 Å². The number of hydrogen-bond acceptors (Lipinski definition) is 5. The zero-order chi connectivity index (χ0) is 18.8. The van der Waals surface area contributed by atoms with Gasteiger partial charge in [-0.05, 0) is 43.4 Å². The van der Waals surface area contributed by atoms with E-state index in [1.165, 1.54) is 12.1 Å². The lowest BCUT2D eigenvalue weighted by molar-refractivity contribution is -0.384. The largest absolute Gasteiger partial charge is 0.298 e. The number of amides is 1. The molecule has 27 heavy (non-hydrogen) atoms. The molecule has 3 aromatic rings. The molecule has 2 N–H and O–H groups in total. The van der Waals surface area contributed by atoms with Gasteiger partial charge < -0.3 is 0 Å². The number of non-ortho nitro benzene ring substituents is 1. The zero-order valence-corrected chi connectivity index (χ0v) is 14.6. The number of carbonyl (C=O) groups excluding carboxylic acids is 1. The number of fused-ring (bicyclic) bond motifs is 2. The van der Waals surface area contributed by atoms with Crippen LogP contribution in [0.3, 0.4) is 0 Å². The van der Waals surface area contributed by atoms with Gasteiger partial charge in [-0.3, -0.25) is 30.7 Å². The summed E-state index contributed by atoms with van der Waals surface area (Å²) in [5.74, 6) is -0.266. The summed E-state index contributed by atoms with van der Waals surface area (Å²) in [4.78, 5) is 28.2. The third-order valence-corrected chi connectivity index (χ3v) is 4.77. The Bertz CT molecular complexity index is 1050. The van der Waals surface area contributed by atoms with Crippen LogP contribution in [0.2, 0.25) is 0 Å². The van der Waals surface area contributed by atoms with Crippen LogP contribution in [0.4, 0.5) is 11.4 Å². The molecule has 7 heteroatoms. The summed E-state index contributed by atoms with van der Waals surface area (Å²) in [7, 11) is 0. The first-order valence-electron chi connectivity index (χ1n) is 8.85. The number of aryl methyl sites for hydroxylation is 1. The third-order valence-electron chi connectivity index (χ3n) is 4.77. The van der Waals surface area contributed by atoms with E-state index in [1.54, 1.807) is 12.1 Å². The summed E-state index contributed by atoms with van der Waals surface area (Å²) >= 11 is 0. The van der Waals surface area contributed by atoms with Gasteiger partial charge in [-0.15, -0.1) is 0 Å². The number of aromatic nitrogens is 1. The SMILES string of the molecule is O=C(NNc1cccc([N+](=O)[O-])c1)c1c2c(nc3ccccc13)CCCC2. The first-order chi connectivity index (χ1) is 13.1. The number of nitrogens with zero attached hydrogens (tertiary/aromatic N) is 2. The van der Waals surface area contributed by atoms with Crippen LogP contribution in [0.15, 0.2) is 48.5 Å². The minimum Gasteiger partial charge on any atom is -0.298 e. The molecule has 1 amide bonds. The molecular weight excluding hydrogens is 344 g/mol. The average molecular weight is 362 g/mol. The van der Waals surface area contributed by atoms with Crippen LogP contribution < -0.4 is 10.9 Å². The number of anilines is 1. The summed E-state index contributed by atoms with van der Waals surface area (Å²) in [5, 5.41) is 11.7. The molecule has 1 aliphatic carbocycles. The highest BCUT2D eigenvalue weighted by molar-refractivity contribution is 6.08. The van der Waals surface area contributed by atoms with Crippen molar-refractivity contribution in [3.63, 3.8) is 0 Å². The fourth-order valence-corrected chi connectivity index (χ4v) is 3.52. The van der Waals surface area contributed by atoms with Gasteiger partial charge in [-0.1, -0.05) is 24.3 Å². The van der Waals surface area contributed by atoms with E-state index in [4.69, 9.17) is 4.98 Å². The van der Waals surface area contributed by atoms with E-state index in [9.17, 15) is 14.9 Å². The van der Waals surface area contributed by atoms with Crippen molar-refractivity contribution in [3.05, 3.63) is 75.5 Å². The first-order valence-corrected chi connectivity index (χ1v) is 8.85. The van der Waals surface area contributed by atoms with Gasteiger partial charge in [0.05, 0.1) is 21.7 Å². The monoisotopic (exact) mass is 362 g/mol. The second kappa shape index (κ2) is 7.03. The highest BCUT2D eigenvalue weighted by atomic mass is 16.6. The Hall–Kier alpha value is -3.48. The Kier molecular flexibility index (Phi) is 4.42. The number of carbonyl (C=O) groups is 1. The predicted molar refractivity (Wildman–Crippen MR) is 103 cm³/mol. The van der Waals surface area contributed by atoms with Gasteiger partial charge in [0.25, 0.3) is 11.6 Å². The van der Waals surface area contributed by atoms with E-state index >= 15 is 0 Å². The highest BCUT2D eigenvalue weighted by Gasteiger charge is 2.22. The van der Waals surface area contributed by atoms with E-state index in [-0.39, 0.29) is 11.6 Å². The molecule has 2 aromatic carbocycles. The van der Waals surface area contributed by atoms with Crippen LogP contribution in [0.1, 0.15) is 34.5 Å². The van der Waals surface area contributed by atoms with Crippen LogP contribution in [0, 0.1) is 10.1 Å². The number of nitro groups is 1. The van der Waals surface area contributed by atoms with Crippen molar-refractivity contribution in [1.82, 2.24) is 10.4 Å². The lowest BCUT2D eigenvalue weighted by Crippen LogP contribution is -2.31. The molecule has 4 rings (SSSR count). The number of para-hydroxylation sites is 1. The standard InChI is InChI=1S/C20H18N4O3/c25-20(23-22-13-6-5-7-14(12-13)24(26)27)19-15-8-1-3-10-17(15)21-18-11-4-2-9-16(18)19/h1,3,5-8,10,12,22H,2,4,9,11H2,(H,23,25). The van der Waals surface area contributed by atoms with Crippen molar-refractivity contribution in [3.8, 4) is 0 Å². The maximum atomic E-state index is 13.0. The third kappa shape index (κ3) is 3.31. The minimum atomic E-state index is -0.472. The zero-order valence-electron chi connectivity index (χ0n) is 14.6. The summed E-state index contributed by atoms with van der Waals surface area (Å²) < 4.78 is 0. The highest BCUT2D eigenvalue weighted by Crippen LogP contribution is 2.29. The molecule has 1 aromatic heterocycles. The van der Waals surface area contributed by atoms with Crippen molar-refractivity contribution >= 4 is 28.2 Å². The van der Waals surface area contributed by atoms with Gasteiger partial charge >= 0.3 is 0 Å². The molecule has 136 valence electrons. The molecular formula is C20H18N4O3. The van der Waals surface area contributed by atoms with Crippen LogP contribution in [0.5, 0.6) is 0 Å². The normalized spacial score (nSPS) is 13.0. The molecule has 0 radical (unpaired) electrons. The van der Waals surface area contributed by atoms with Gasteiger partial charge in [-0.25, -0.2) is 0 Å². The second-order valence-corrected chi connectivity index (χ2v) is 6.52. The van der Waals surface area contributed by atoms with E-state index in [1.807, 2.05) is 24.3 Å². The Morgan fingerprint density at radius 1 is 1.07 bits per heavy atom. The summed E-state index contributed by atoms with van der Waals surface area (Å²) in [6.45, 7) is 0. The number of hydrogen-bond donors (Lipinski definition) is 2. The maximum Gasteiger partial charge on any atom is 0.271 e. The molecule has 7 nitrogen and oxygen atoms in total. The maximum absolute atomic E-state index is 13.0. The Labute approximate surface area is 155 Å². The predicted octanol–water partition coefficient (Wildman–Crippen LogP) is 3.78. The molecule has 0 bridgehead atoms. The number of benzene rings is 2. The fraction of sp³-hybridized carbons (Fsp3) is 0.200. The van der Waals surface area contributed by atoms with Crippen molar-refractivity contribution < 1.29 is 9.72 Å². The molecule has 0 saturated carbocycles. The van der Waals surface area contributed by atoms with Crippen molar-refractivity contribution in [2.45, 2.75) is 25.7 Å². The fourth-order valence-electron chi connectivity index (χ4n) is 3.52. The Morgan fingerprint density at radius 3 is 2.74 bits per heavy atom. The van der Waals surface area contributed by atoms with Crippen molar-refractivity contribution in [1.29, 1.82) is 0 Å². The summed E-state index contributed by atoms with van der Waals surface area (Å²) in [6.07, 6.45) is 3.81. The van der Waals surface area contributed by atoms with Crippen LogP contribution in [0.25, 0.3) is 10.9 Å². The first kappa shape index (κ1) is 17.0. The van der Waals surface area contributed by atoms with Crippen molar-refractivity contribution in [2.75, 3.05) is 5.43 Å². The van der Waals surface area contributed by atoms with E-state index in [0.29, 0.717) is 11.3 Å². The molecule has 0 unspecified atom stereocenters. The molecule has 0 aliphatic heterocycles. The quantitative estimate of drug-likeness (QED) is 0.544. The molecule has 0 spiro atoms. The van der Waals surface area contributed by atoms with Gasteiger partial charge in [-0.2, -0.15) is 0 Å². The summed E-state index contributed by atoms with van der Waals surface area (Å²) in [5.41, 5.74) is 9.30. The molecule has 0 atom stereocenters. The smallest absolute Gasteiger partial charge is 0.271 e. The number of nitro benzene ring substituents is 1. The second-order valence-electron chi connectivity index (χ2n) is 6.52. The molecule has 1 heterocycles. The molecule has 0 fully saturated rings. The lowest BCUT2D eigenvalue weighted by Gasteiger charge is -2.20. The minimum absolute atomic E-state index is 0.0408. The van der Waals surface area contributed by atoms with Crippen molar-refractivity contribution in [2.24, 2.45) is 0 Å². The Balaban J connectivity index is 1.66. The molecule has 0 saturated heterocycles. The van der Waals surface area contributed by atoms with Crippen LogP contribution in [-0.4, -0.2) is 15.8 Å². The van der Waals surface area contributed by atoms with E-state index in [0.717, 1.165) is 47.8 Å². The number of nitrogens with one attached hydrogen (secondary N) is 2. The lowest BCUT2D eigenvalue weighted by atomic mass is 9.89. The Morgan fingerprint density at radius 2 is 1.89 bits per heavy atom. The van der Waals surface area contributed by atoms with E-state index in [2.05, 4.69) is 10.9 Å². The van der Waals surface area contributed by atoms with Crippen LogP contribution in [-0.2, 0) is 12.8 Å². The number of pyridine rings is 1. The number of rotatable bonds is 4. The van der Waals surface area contributed by atoms with Gasteiger partial charge in [0.2, 0.25) is 0 Å². The van der Waals surface area contributed by atoms with Gasteiger partial charge in [0.15, 0.2) is 0 Å².